The summed E-state index contributed by atoms with van der Waals surface area (Å²) >= 11 is 6.31. The van der Waals surface area contributed by atoms with Crippen molar-refractivity contribution in [1.82, 2.24) is 5.32 Å². The molecule has 0 aliphatic carbocycles. The number of carbonyl (C=O) groups excluding carboxylic acids is 2. The van der Waals surface area contributed by atoms with Crippen LogP contribution in [0.25, 0.3) is 0 Å². The van der Waals surface area contributed by atoms with Gasteiger partial charge in [-0.3, -0.25) is 9.59 Å². The molecule has 0 bridgehead atoms. The lowest BCUT2D eigenvalue weighted by atomic mass is 10.1. The molecule has 154 valence electrons. The van der Waals surface area contributed by atoms with Gasteiger partial charge in [-0.15, -0.1) is 11.6 Å². The van der Waals surface area contributed by atoms with E-state index in [1.165, 1.54) is 0 Å². The smallest absolute Gasteiger partial charge is 0.253 e. The maximum atomic E-state index is 12.8. The van der Waals surface area contributed by atoms with Crippen molar-refractivity contribution in [3.8, 4) is 0 Å². The van der Waals surface area contributed by atoms with Gasteiger partial charge in [0.1, 0.15) is 5.38 Å². The third-order valence-electron chi connectivity index (χ3n) is 4.87. The summed E-state index contributed by atoms with van der Waals surface area (Å²) in [5.41, 5.74) is 2.67. The van der Waals surface area contributed by atoms with Crippen LogP contribution in [0, 0.1) is 0 Å². The predicted octanol–water partition coefficient (Wildman–Crippen LogP) is 3.58. The highest BCUT2D eigenvalue weighted by Gasteiger charge is 2.22. The van der Waals surface area contributed by atoms with Crippen molar-refractivity contribution in [2.45, 2.75) is 18.2 Å². The first-order valence-corrected chi connectivity index (χ1v) is 10.2. The van der Waals surface area contributed by atoms with E-state index in [4.69, 9.17) is 16.3 Å². The number of nitrogens with zero attached hydrogens (tertiary/aromatic N) is 1. The minimum absolute atomic E-state index is 0.189. The Bertz CT molecular complexity index is 838. The zero-order valence-corrected chi connectivity index (χ0v) is 17.2. The van der Waals surface area contributed by atoms with E-state index in [1.807, 2.05) is 42.5 Å². The average molecular weight is 416 g/mol. The van der Waals surface area contributed by atoms with Crippen molar-refractivity contribution in [1.29, 1.82) is 0 Å². The zero-order valence-electron chi connectivity index (χ0n) is 16.5. The fourth-order valence-electron chi connectivity index (χ4n) is 3.37. The molecule has 2 N–H and O–H groups in total. The quantitative estimate of drug-likeness (QED) is 0.510. The largest absolute Gasteiger partial charge is 0.383 e. The Hall–Kier alpha value is -2.57. The Morgan fingerprint density at radius 2 is 1.86 bits per heavy atom. The third kappa shape index (κ3) is 5.49. The van der Waals surface area contributed by atoms with E-state index in [2.05, 4.69) is 15.5 Å². The molecule has 2 amide bonds. The van der Waals surface area contributed by atoms with Crippen LogP contribution in [0.5, 0.6) is 0 Å². The standard InChI is InChI=1S/C22H26ClN3O3/c1-29-14-11-24-21(27)18-15-17(9-10-19(18)26-12-5-6-13-26)25-22(28)20(23)16-7-3-2-4-8-16/h2-4,7-10,15,20H,5-6,11-14H2,1H3,(H,24,27)(H,25,28)/t20-/m0/s1. The Morgan fingerprint density at radius 1 is 1.14 bits per heavy atom. The van der Waals surface area contributed by atoms with E-state index < -0.39 is 5.38 Å². The lowest BCUT2D eigenvalue weighted by Crippen LogP contribution is -2.30. The van der Waals surface area contributed by atoms with Crippen LogP contribution >= 0.6 is 11.6 Å². The summed E-state index contributed by atoms with van der Waals surface area (Å²) in [6.45, 7) is 2.69. The van der Waals surface area contributed by atoms with Crippen molar-refractivity contribution in [2.75, 3.05) is 43.6 Å². The maximum Gasteiger partial charge on any atom is 0.253 e. The number of hydrogen-bond donors (Lipinski definition) is 2. The van der Waals surface area contributed by atoms with Gasteiger partial charge in [0.2, 0.25) is 5.91 Å². The number of hydrogen-bond acceptors (Lipinski definition) is 4. The highest BCUT2D eigenvalue weighted by atomic mass is 35.5. The molecule has 0 spiro atoms. The minimum atomic E-state index is -0.812. The number of carbonyl (C=O) groups is 2. The second-order valence-electron chi connectivity index (χ2n) is 6.94. The Morgan fingerprint density at radius 3 is 2.55 bits per heavy atom. The molecule has 1 fully saturated rings. The fourth-order valence-corrected chi connectivity index (χ4v) is 3.57. The number of amides is 2. The number of anilines is 2. The zero-order chi connectivity index (χ0) is 20.6. The Kier molecular flexibility index (Phi) is 7.49. The Labute approximate surface area is 176 Å². The van der Waals surface area contributed by atoms with Gasteiger partial charge < -0.3 is 20.3 Å². The second kappa shape index (κ2) is 10.3. The third-order valence-corrected chi connectivity index (χ3v) is 5.32. The lowest BCUT2D eigenvalue weighted by molar-refractivity contribution is -0.116. The van der Waals surface area contributed by atoms with Gasteiger partial charge in [-0.2, -0.15) is 0 Å². The van der Waals surface area contributed by atoms with Crippen molar-refractivity contribution in [3.63, 3.8) is 0 Å². The summed E-state index contributed by atoms with van der Waals surface area (Å²) in [5.74, 6) is -0.525. The summed E-state index contributed by atoms with van der Waals surface area (Å²) in [4.78, 5) is 27.5. The monoisotopic (exact) mass is 415 g/mol. The molecule has 1 aliphatic heterocycles. The molecule has 6 nitrogen and oxygen atoms in total. The molecule has 29 heavy (non-hydrogen) atoms. The van der Waals surface area contributed by atoms with Crippen LogP contribution in [0.1, 0.15) is 34.1 Å². The Balaban J connectivity index is 1.79. The van der Waals surface area contributed by atoms with E-state index in [0.717, 1.165) is 37.2 Å². The molecular weight excluding hydrogens is 390 g/mol. The molecule has 0 saturated carbocycles. The van der Waals surface area contributed by atoms with Crippen LogP contribution in [0.4, 0.5) is 11.4 Å². The van der Waals surface area contributed by atoms with E-state index in [9.17, 15) is 9.59 Å². The van der Waals surface area contributed by atoms with Crippen LogP contribution in [0.2, 0.25) is 0 Å². The second-order valence-corrected chi connectivity index (χ2v) is 7.37. The average Bonchev–Trinajstić information content (AvgIpc) is 3.28. The number of benzene rings is 2. The first kappa shape index (κ1) is 21.1. The number of halogens is 1. The van der Waals surface area contributed by atoms with Crippen molar-refractivity contribution >= 4 is 34.8 Å². The molecule has 1 heterocycles. The molecule has 0 unspecified atom stereocenters. The van der Waals surface area contributed by atoms with Crippen molar-refractivity contribution in [3.05, 3.63) is 59.7 Å². The van der Waals surface area contributed by atoms with Gasteiger partial charge in [-0.25, -0.2) is 0 Å². The molecule has 0 radical (unpaired) electrons. The number of alkyl halides is 1. The number of ether oxygens (including phenoxy) is 1. The minimum Gasteiger partial charge on any atom is -0.383 e. The summed E-state index contributed by atoms with van der Waals surface area (Å²) in [5, 5.41) is 4.88. The summed E-state index contributed by atoms with van der Waals surface area (Å²) in [6, 6.07) is 14.6. The number of rotatable bonds is 8. The van der Waals surface area contributed by atoms with E-state index in [-0.39, 0.29) is 11.8 Å². The highest BCUT2D eigenvalue weighted by molar-refractivity contribution is 6.32. The van der Waals surface area contributed by atoms with Gasteiger partial charge in [0, 0.05) is 38.1 Å². The maximum absolute atomic E-state index is 12.8. The van der Waals surface area contributed by atoms with Crippen LogP contribution in [0.3, 0.4) is 0 Å². The first-order valence-electron chi connectivity index (χ1n) is 9.76. The number of nitrogens with one attached hydrogen (secondary N) is 2. The topological polar surface area (TPSA) is 70.7 Å². The summed E-state index contributed by atoms with van der Waals surface area (Å²) in [6.07, 6.45) is 2.21. The summed E-state index contributed by atoms with van der Waals surface area (Å²) < 4.78 is 5.01. The van der Waals surface area contributed by atoms with Crippen LogP contribution in [0.15, 0.2) is 48.5 Å². The van der Waals surface area contributed by atoms with Gasteiger partial charge in [-0.05, 0) is 36.6 Å². The predicted molar refractivity (Wildman–Crippen MR) is 116 cm³/mol. The molecular formula is C22H26ClN3O3. The molecule has 2 aromatic carbocycles. The molecule has 7 heteroatoms. The first-order chi connectivity index (χ1) is 14.1. The van der Waals surface area contributed by atoms with E-state index in [1.54, 1.807) is 13.2 Å². The van der Waals surface area contributed by atoms with Gasteiger partial charge in [-0.1, -0.05) is 30.3 Å². The molecule has 1 atom stereocenters. The normalized spacial score (nSPS) is 14.5. The number of methoxy groups -OCH3 is 1. The van der Waals surface area contributed by atoms with Crippen molar-refractivity contribution < 1.29 is 14.3 Å². The van der Waals surface area contributed by atoms with Gasteiger partial charge in [0.15, 0.2) is 0 Å². The van der Waals surface area contributed by atoms with E-state index in [0.29, 0.717) is 24.4 Å². The molecule has 1 aliphatic rings. The molecule has 3 rings (SSSR count). The molecule has 0 aromatic heterocycles. The van der Waals surface area contributed by atoms with Gasteiger partial charge >= 0.3 is 0 Å². The molecule has 1 saturated heterocycles. The van der Waals surface area contributed by atoms with Crippen LogP contribution in [-0.2, 0) is 9.53 Å². The fraction of sp³-hybridized carbons (Fsp3) is 0.364. The lowest BCUT2D eigenvalue weighted by Gasteiger charge is -2.22. The van der Waals surface area contributed by atoms with E-state index >= 15 is 0 Å². The molecule has 2 aromatic rings. The summed E-state index contributed by atoms with van der Waals surface area (Å²) in [7, 11) is 1.59. The van der Waals surface area contributed by atoms with Gasteiger partial charge in [0.05, 0.1) is 12.2 Å². The highest BCUT2D eigenvalue weighted by Crippen LogP contribution is 2.29. The van der Waals surface area contributed by atoms with Crippen LogP contribution in [-0.4, -0.2) is 45.2 Å². The van der Waals surface area contributed by atoms with Crippen molar-refractivity contribution in [2.24, 2.45) is 0 Å². The van der Waals surface area contributed by atoms with Gasteiger partial charge in [0.25, 0.3) is 5.91 Å². The van der Waals surface area contributed by atoms with Crippen LogP contribution < -0.4 is 15.5 Å². The SMILES string of the molecule is COCCNC(=O)c1cc(NC(=O)[C@@H](Cl)c2ccccc2)ccc1N1CCCC1.